The molecule has 1 aromatic heterocycles. The van der Waals surface area contributed by atoms with E-state index >= 15 is 0 Å². The molecule has 1 N–H and O–H groups in total. The van der Waals surface area contributed by atoms with E-state index in [1.54, 1.807) is 18.1 Å². The van der Waals surface area contributed by atoms with Crippen LogP contribution in [0.4, 0.5) is 5.82 Å². The number of hydrogen-bond donors (Lipinski definition) is 1. The van der Waals surface area contributed by atoms with E-state index in [2.05, 4.69) is 62.3 Å². The first-order chi connectivity index (χ1) is 23.8. The highest BCUT2D eigenvalue weighted by Gasteiger charge is 2.40. The minimum absolute atomic E-state index is 0.0725. The molecule has 0 spiro atoms. The molecular formula is C37H45N7O5. The van der Waals surface area contributed by atoms with Crippen LogP contribution in [-0.4, -0.2) is 134 Å². The molecule has 258 valence electrons. The zero-order chi connectivity index (χ0) is 33.6. The van der Waals surface area contributed by atoms with Gasteiger partial charge in [-0.2, -0.15) is 0 Å². The minimum Gasteiger partial charge on any atom is -0.489 e. The van der Waals surface area contributed by atoms with Crippen LogP contribution in [0.25, 0.3) is 10.9 Å². The summed E-state index contributed by atoms with van der Waals surface area (Å²) in [7, 11) is 3.91. The molecule has 2 aromatic carbocycles. The van der Waals surface area contributed by atoms with Crippen molar-refractivity contribution in [2.75, 3.05) is 78.0 Å². The molecule has 49 heavy (non-hydrogen) atoms. The van der Waals surface area contributed by atoms with Crippen LogP contribution in [0.5, 0.6) is 5.75 Å². The van der Waals surface area contributed by atoms with Crippen molar-refractivity contribution >= 4 is 34.4 Å². The van der Waals surface area contributed by atoms with Crippen molar-refractivity contribution in [3.8, 4) is 5.75 Å². The maximum atomic E-state index is 13.1. The lowest BCUT2D eigenvalue weighted by Crippen LogP contribution is -2.62. The Morgan fingerprint density at radius 3 is 2.55 bits per heavy atom. The number of carbonyl (C=O) groups excluding carboxylic acids is 3. The maximum absolute atomic E-state index is 13.1. The summed E-state index contributed by atoms with van der Waals surface area (Å²) in [6.45, 7) is 9.90. The van der Waals surface area contributed by atoms with Gasteiger partial charge in [0.2, 0.25) is 11.8 Å². The van der Waals surface area contributed by atoms with Crippen LogP contribution in [0.1, 0.15) is 34.3 Å². The molecule has 0 radical (unpaired) electrons. The number of piperidine rings is 1. The lowest BCUT2D eigenvalue weighted by molar-refractivity contribution is -0.136. The molecule has 4 saturated heterocycles. The Morgan fingerprint density at radius 2 is 1.78 bits per heavy atom. The predicted molar refractivity (Wildman–Crippen MR) is 184 cm³/mol. The molecule has 0 bridgehead atoms. The number of likely N-dealkylation sites (N-methyl/N-ethyl adjacent to an activating group) is 1. The normalized spacial score (nSPS) is 25.6. The van der Waals surface area contributed by atoms with Crippen LogP contribution in [0.2, 0.25) is 0 Å². The van der Waals surface area contributed by atoms with E-state index < -0.39 is 11.9 Å². The SMILES string of the molecule is COC[C@@H]1CN(Cc2ccc3nc(N4CCN(C5CN(C)C5)CC4)ccc3c2)C[C@H]1Oc1ccc2c(c1)CN([C@H]1CCC(=O)NC1=O)C2=O. The zero-order valence-corrected chi connectivity index (χ0v) is 28.3. The van der Waals surface area contributed by atoms with Gasteiger partial charge < -0.3 is 24.2 Å². The van der Waals surface area contributed by atoms with Crippen molar-refractivity contribution in [1.29, 1.82) is 0 Å². The second kappa shape index (κ2) is 13.3. The van der Waals surface area contributed by atoms with Gasteiger partial charge in [-0.05, 0) is 67.1 Å². The lowest BCUT2D eigenvalue weighted by atomic mass is 10.0. The molecule has 0 aliphatic carbocycles. The number of benzene rings is 2. The minimum atomic E-state index is -0.634. The fourth-order valence-electron chi connectivity index (χ4n) is 8.27. The van der Waals surface area contributed by atoms with Gasteiger partial charge in [-0.15, -0.1) is 0 Å². The van der Waals surface area contributed by atoms with Gasteiger partial charge in [0.1, 0.15) is 23.7 Å². The molecule has 12 heteroatoms. The van der Waals surface area contributed by atoms with Gasteiger partial charge in [0.25, 0.3) is 5.91 Å². The molecule has 0 saturated carbocycles. The number of methoxy groups -OCH3 is 1. The van der Waals surface area contributed by atoms with Gasteiger partial charge in [0.05, 0.1) is 12.1 Å². The molecule has 3 amide bonds. The van der Waals surface area contributed by atoms with Crippen molar-refractivity contribution in [2.24, 2.45) is 5.92 Å². The lowest BCUT2D eigenvalue weighted by Gasteiger charge is -2.47. The van der Waals surface area contributed by atoms with E-state index in [-0.39, 0.29) is 30.3 Å². The molecule has 8 rings (SSSR count). The molecule has 3 atom stereocenters. The van der Waals surface area contributed by atoms with Gasteiger partial charge in [0, 0.05) is 102 Å². The highest BCUT2D eigenvalue weighted by molar-refractivity contribution is 6.05. The van der Waals surface area contributed by atoms with Crippen molar-refractivity contribution in [3.05, 3.63) is 65.2 Å². The van der Waals surface area contributed by atoms with E-state index in [0.717, 1.165) is 68.1 Å². The number of nitrogens with zero attached hydrogens (tertiary/aromatic N) is 6. The first-order valence-corrected chi connectivity index (χ1v) is 17.5. The van der Waals surface area contributed by atoms with E-state index in [4.69, 9.17) is 14.5 Å². The summed E-state index contributed by atoms with van der Waals surface area (Å²) in [5, 5.41) is 3.51. The molecule has 3 aromatic rings. The summed E-state index contributed by atoms with van der Waals surface area (Å²) < 4.78 is 12.2. The number of rotatable bonds is 9. The van der Waals surface area contributed by atoms with Crippen molar-refractivity contribution in [3.63, 3.8) is 0 Å². The number of hydrogen-bond acceptors (Lipinski definition) is 10. The number of pyridine rings is 1. The topological polar surface area (TPSA) is 111 Å². The zero-order valence-electron chi connectivity index (χ0n) is 28.3. The van der Waals surface area contributed by atoms with Crippen LogP contribution in [0.15, 0.2) is 48.5 Å². The summed E-state index contributed by atoms with van der Waals surface area (Å²) in [6, 6.07) is 16.6. The standard InChI is InChI=1S/C37H45N7O5/c1-40-20-28(21-40)42-11-13-43(14-12-42)34-9-4-25-15-24(3-7-31(25)38-34)17-41-18-27(23-48-2)33(22-41)49-29-5-6-30-26(16-29)19-44(37(30)47)32-8-10-35(45)39-36(32)46/h3-7,9,15-16,27-28,32-33H,8,10-14,17-23H2,1-2H3,(H,39,45,46)/t27-,32-,33+/m0/s1. The Morgan fingerprint density at radius 1 is 0.939 bits per heavy atom. The number of anilines is 1. The Bertz CT molecular complexity index is 1750. The third-order valence-electron chi connectivity index (χ3n) is 11.0. The Kier molecular flexibility index (Phi) is 8.73. The van der Waals surface area contributed by atoms with Crippen LogP contribution < -0.4 is 15.0 Å². The van der Waals surface area contributed by atoms with Crippen molar-refractivity contribution < 1.29 is 23.9 Å². The number of aromatic nitrogens is 1. The monoisotopic (exact) mass is 667 g/mol. The average Bonchev–Trinajstić information content (AvgIpc) is 3.61. The van der Waals surface area contributed by atoms with E-state index in [9.17, 15) is 14.4 Å². The summed E-state index contributed by atoms with van der Waals surface area (Å²) in [6.07, 6.45) is 0.504. The number of piperazine rings is 1. The second-order valence-corrected chi connectivity index (χ2v) is 14.4. The molecule has 5 aliphatic rings. The molecule has 4 fully saturated rings. The highest BCUT2D eigenvalue weighted by atomic mass is 16.5. The third-order valence-corrected chi connectivity index (χ3v) is 11.0. The second-order valence-electron chi connectivity index (χ2n) is 14.4. The average molecular weight is 668 g/mol. The van der Waals surface area contributed by atoms with Gasteiger partial charge in [-0.25, -0.2) is 4.98 Å². The summed E-state index contributed by atoms with van der Waals surface area (Å²) in [4.78, 5) is 53.7. The Labute approximate surface area is 286 Å². The first-order valence-electron chi connectivity index (χ1n) is 17.5. The van der Waals surface area contributed by atoms with Gasteiger partial charge >= 0.3 is 0 Å². The number of fused-ring (bicyclic) bond motifs is 2. The maximum Gasteiger partial charge on any atom is 0.255 e. The quantitative estimate of drug-likeness (QED) is 0.340. The molecular weight excluding hydrogens is 622 g/mol. The molecule has 0 unspecified atom stereocenters. The van der Waals surface area contributed by atoms with Gasteiger partial charge in [-0.3, -0.25) is 29.5 Å². The van der Waals surface area contributed by atoms with Crippen molar-refractivity contribution in [2.45, 2.75) is 44.1 Å². The Hall–Kier alpha value is -4.10. The smallest absolute Gasteiger partial charge is 0.255 e. The van der Waals surface area contributed by atoms with Gasteiger partial charge in [-0.1, -0.05) is 6.07 Å². The first kappa shape index (κ1) is 32.1. The van der Waals surface area contributed by atoms with E-state index in [0.29, 0.717) is 36.9 Å². The van der Waals surface area contributed by atoms with Crippen LogP contribution in [0, 0.1) is 5.92 Å². The number of ether oxygens (including phenoxy) is 2. The van der Waals surface area contributed by atoms with Crippen LogP contribution in [-0.2, 0) is 27.4 Å². The number of carbonyl (C=O) groups is 3. The van der Waals surface area contributed by atoms with Gasteiger partial charge in [0.15, 0.2) is 0 Å². The molecule has 5 aliphatic heterocycles. The number of likely N-dealkylation sites (tertiary alicyclic amines) is 2. The highest BCUT2D eigenvalue weighted by Crippen LogP contribution is 2.32. The predicted octanol–water partition coefficient (Wildman–Crippen LogP) is 1.96. The fraction of sp³-hybridized carbons (Fsp3) is 0.514. The molecule has 6 heterocycles. The summed E-state index contributed by atoms with van der Waals surface area (Å²) >= 11 is 0. The summed E-state index contributed by atoms with van der Waals surface area (Å²) in [5.41, 5.74) is 3.68. The largest absolute Gasteiger partial charge is 0.489 e. The van der Waals surface area contributed by atoms with Crippen LogP contribution in [0.3, 0.4) is 0 Å². The number of amides is 3. The van der Waals surface area contributed by atoms with Crippen molar-refractivity contribution in [1.82, 2.24) is 29.9 Å². The Balaban J connectivity index is 0.891. The molecule has 12 nitrogen and oxygen atoms in total. The third kappa shape index (κ3) is 6.50. The summed E-state index contributed by atoms with van der Waals surface area (Å²) in [5.74, 6) is 1.08. The fourth-order valence-corrected chi connectivity index (χ4v) is 8.27. The number of nitrogens with one attached hydrogen (secondary N) is 1. The van der Waals surface area contributed by atoms with E-state index in [1.165, 1.54) is 18.7 Å². The number of imide groups is 1. The van der Waals surface area contributed by atoms with E-state index in [1.807, 2.05) is 12.1 Å². The van der Waals surface area contributed by atoms with Crippen LogP contribution >= 0.6 is 0 Å².